The minimum Gasteiger partial charge on any atom is -0.454 e. The van der Waals surface area contributed by atoms with Crippen LogP contribution in [0.4, 0.5) is 0 Å². The smallest absolute Gasteiger partial charge is 0.231 e. The third kappa shape index (κ3) is 2.99. The Labute approximate surface area is 151 Å². The molecule has 0 saturated heterocycles. The first kappa shape index (κ1) is 16.5. The van der Waals surface area contributed by atoms with Gasteiger partial charge in [0, 0.05) is 40.3 Å². The molecule has 2 aromatic heterocycles. The van der Waals surface area contributed by atoms with Crippen molar-refractivity contribution in [3.05, 3.63) is 42.5 Å². The number of aromatic nitrogens is 4. The predicted molar refractivity (Wildman–Crippen MR) is 101 cm³/mol. The van der Waals surface area contributed by atoms with Gasteiger partial charge in [-0.1, -0.05) is 30.3 Å². The van der Waals surface area contributed by atoms with Gasteiger partial charge in [-0.3, -0.25) is 4.21 Å². The van der Waals surface area contributed by atoms with E-state index in [0.29, 0.717) is 11.5 Å². The zero-order chi connectivity index (χ0) is 18.1. The average molecular weight is 368 g/mol. The number of ether oxygens (including phenoxy) is 2. The van der Waals surface area contributed by atoms with Gasteiger partial charge in [-0.25, -0.2) is 4.98 Å². The third-order valence-electron chi connectivity index (χ3n) is 3.80. The maximum absolute atomic E-state index is 9.56. The summed E-state index contributed by atoms with van der Waals surface area (Å²) in [6, 6.07) is 13.7. The Morgan fingerprint density at radius 2 is 1.65 bits per heavy atom. The largest absolute Gasteiger partial charge is 0.454 e. The van der Waals surface area contributed by atoms with Crippen LogP contribution in [-0.4, -0.2) is 43.9 Å². The summed E-state index contributed by atoms with van der Waals surface area (Å²) in [5.74, 6) is 1.42. The molecule has 5 rings (SSSR count). The molecule has 132 valence electrons. The first-order valence-electron chi connectivity index (χ1n) is 7.88. The molecule has 1 aliphatic heterocycles. The van der Waals surface area contributed by atoms with Crippen molar-refractivity contribution in [3.63, 3.8) is 0 Å². The summed E-state index contributed by atoms with van der Waals surface area (Å²) < 4.78 is 20.4. The second kappa shape index (κ2) is 6.72. The lowest BCUT2D eigenvalue weighted by molar-refractivity contribution is 0.174. The van der Waals surface area contributed by atoms with Crippen molar-refractivity contribution in [1.82, 2.24) is 20.4 Å². The van der Waals surface area contributed by atoms with Crippen molar-refractivity contribution in [3.8, 4) is 22.8 Å². The predicted octanol–water partition coefficient (Wildman–Crippen LogP) is 2.90. The number of benzene rings is 2. The Bertz CT molecular complexity index is 1110. The Morgan fingerprint density at radius 3 is 2.38 bits per heavy atom. The number of nitrogens with one attached hydrogen (secondary N) is 1. The molecular weight excluding hydrogens is 352 g/mol. The fraction of sp³-hybridized carbons (Fsp3) is 0.167. The molecule has 3 heterocycles. The summed E-state index contributed by atoms with van der Waals surface area (Å²) in [5, 5.41) is 12.1. The normalized spacial score (nSPS) is 12.4. The number of hydrogen-bond donors (Lipinski definition) is 1. The van der Waals surface area contributed by atoms with Crippen molar-refractivity contribution in [1.29, 1.82) is 0 Å². The van der Waals surface area contributed by atoms with Crippen molar-refractivity contribution in [2.45, 2.75) is 0 Å². The summed E-state index contributed by atoms with van der Waals surface area (Å²) in [7, 11) is -0.611. The molecule has 2 aromatic carbocycles. The Hall–Kier alpha value is -3.00. The molecule has 4 aromatic rings. The maximum Gasteiger partial charge on any atom is 0.231 e. The van der Waals surface area contributed by atoms with Crippen LogP contribution in [0.25, 0.3) is 33.2 Å². The van der Waals surface area contributed by atoms with E-state index in [1.807, 2.05) is 42.5 Å². The van der Waals surface area contributed by atoms with Crippen LogP contribution in [0.5, 0.6) is 11.5 Å². The molecule has 0 aliphatic carbocycles. The van der Waals surface area contributed by atoms with E-state index in [4.69, 9.17) is 14.5 Å². The first-order valence-corrected chi connectivity index (χ1v) is 9.84. The molecule has 0 amide bonds. The molecular formula is C18H16N4O3S. The minimum atomic E-state index is -0.611. The van der Waals surface area contributed by atoms with E-state index in [-0.39, 0.29) is 6.79 Å². The molecule has 7 nitrogen and oxygen atoms in total. The van der Waals surface area contributed by atoms with Gasteiger partial charge < -0.3 is 9.47 Å². The van der Waals surface area contributed by atoms with E-state index in [0.717, 1.165) is 33.2 Å². The summed E-state index contributed by atoms with van der Waals surface area (Å²) in [6.45, 7) is 0.235. The number of hydrogen-bond acceptors (Lipinski definition) is 6. The maximum atomic E-state index is 9.56. The topological polar surface area (TPSA) is 90.0 Å². The van der Waals surface area contributed by atoms with Crippen LogP contribution in [-0.2, 0) is 10.8 Å². The van der Waals surface area contributed by atoms with Crippen LogP contribution >= 0.6 is 0 Å². The van der Waals surface area contributed by atoms with Crippen molar-refractivity contribution in [2.24, 2.45) is 0 Å². The number of rotatable bonds is 1. The fourth-order valence-electron chi connectivity index (χ4n) is 2.77. The number of fused-ring (bicyclic) bond motifs is 4. The van der Waals surface area contributed by atoms with Crippen molar-refractivity contribution >= 4 is 32.7 Å². The summed E-state index contributed by atoms with van der Waals surface area (Å²) in [5.41, 5.74) is 4.14. The zero-order valence-corrected chi connectivity index (χ0v) is 15.0. The van der Waals surface area contributed by atoms with Gasteiger partial charge in [0.05, 0.1) is 5.52 Å². The number of nitrogens with zero attached hydrogens (tertiary/aromatic N) is 3. The quantitative estimate of drug-likeness (QED) is 0.556. The van der Waals surface area contributed by atoms with Crippen LogP contribution in [0.15, 0.2) is 42.5 Å². The van der Waals surface area contributed by atoms with Crippen LogP contribution in [0.1, 0.15) is 0 Å². The number of pyridine rings is 1. The van der Waals surface area contributed by atoms with Gasteiger partial charge in [0.2, 0.25) is 6.79 Å². The van der Waals surface area contributed by atoms with E-state index in [1.165, 1.54) is 0 Å². The van der Waals surface area contributed by atoms with Gasteiger partial charge >= 0.3 is 0 Å². The lowest BCUT2D eigenvalue weighted by Crippen LogP contribution is -1.92. The Balaban J connectivity index is 0.000000385. The van der Waals surface area contributed by atoms with Crippen LogP contribution in [0, 0.1) is 0 Å². The monoisotopic (exact) mass is 368 g/mol. The molecule has 1 aliphatic rings. The Morgan fingerprint density at radius 1 is 1.00 bits per heavy atom. The molecule has 0 spiro atoms. The fourth-order valence-corrected chi connectivity index (χ4v) is 2.77. The zero-order valence-electron chi connectivity index (χ0n) is 14.2. The Kier molecular flexibility index (Phi) is 4.26. The van der Waals surface area contributed by atoms with Gasteiger partial charge in [0.15, 0.2) is 11.5 Å². The number of H-pyrrole nitrogens is 1. The molecule has 26 heavy (non-hydrogen) atoms. The van der Waals surface area contributed by atoms with Gasteiger partial charge in [-0.15, -0.1) is 0 Å². The van der Waals surface area contributed by atoms with Crippen LogP contribution in [0.2, 0.25) is 0 Å². The summed E-state index contributed by atoms with van der Waals surface area (Å²) in [6.07, 6.45) is 3.28. The van der Waals surface area contributed by atoms with Crippen molar-refractivity contribution < 1.29 is 13.7 Å². The van der Waals surface area contributed by atoms with E-state index in [1.54, 1.807) is 12.5 Å². The first-order chi connectivity index (χ1) is 12.6. The third-order valence-corrected chi connectivity index (χ3v) is 3.80. The molecule has 0 unspecified atom stereocenters. The van der Waals surface area contributed by atoms with Gasteiger partial charge in [0.25, 0.3) is 0 Å². The summed E-state index contributed by atoms with van der Waals surface area (Å²) >= 11 is 0. The highest BCUT2D eigenvalue weighted by Crippen LogP contribution is 2.38. The van der Waals surface area contributed by atoms with E-state index < -0.39 is 10.8 Å². The van der Waals surface area contributed by atoms with Crippen molar-refractivity contribution in [2.75, 3.05) is 19.3 Å². The van der Waals surface area contributed by atoms with Crippen LogP contribution in [0.3, 0.4) is 0 Å². The summed E-state index contributed by atoms with van der Waals surface area (Å²) in [4.78, 5) is 4.77. The standard InChI is InChI=1S/C16H10N4O2.C2H6OS/c1-2-4-9(5-3-1)14-16-15(18-20-19-16)10-6-12-13(22-8-21-12)7-11(10)17-14;1-4(2)3/h1-7H,8H2,(H,18,19,20);1-2H3. The van der Waals surface area contributed by atoms with Crippen LogP contribution < -0.4 is 9.47 Å². The van der Waals surface area contributed by atoms with Gasteiger partial charge in [0.1, 0.15) is 16.7 Å². The van der Waals surface area contributed by atoms with Gasteiger partial charge in [-0.05, 0) is 6.07 Å². The molecule has 0 atom stereocenters. The lowest BCUT2D eigenvalue weighted by atomic mass is 10.1. The molecule has 0 fully saturated rings. The molecule has 0 bridgehead atoms. The highest BCUT2D eigenvalue weighted by Gasteiger charge is 2.19. The SMILES string of the molecule is CS(C)=O.c1ccc(-c2nc3cc4c(cc3c3n[nH]nc23)OCO4)cc1. The average Bonchev–Trinajstić information content (AvgIpc) is 3.28. The van der Waals surface area contributed by atoms with E-state index in [9.17, 15) is 4.21 Å². The van der Waals surface area contributed by atoms with Gasteiger partial charge in [-0.2, -0.15) is 15.4 Å². The van der Waals surface area contributed by atoms with E-state index >= 15 is 0 Å². The molecule has 8 heteroatoms. The highest BCUT2D eigenvalue weighted by atomic mass is 32.2. The second-order valence-electron chi connectivity index (χ2n) is 5.81. The van der Waals surface area contributed by atoms with E-state index in [2.05, 4.69) is 15.4 Å². The second-order valence-corrected chi connectivity index (χ2v) is 7.29. The molecule has 1 N–H and O–H groups in total. The minimum absolute atomic E-state index is 0.235. The lowest BCUT2D eigenvalue weighted by Gasteiger charge is -2.06. The molecule has 0 saturated carbocycles. The molecule has 0 radical (unpaired) electrons. The highest BCUT2D eigenvalue weighted by molar-refractivity contribution is 7.83. The number of aromatic amines is 1.